The van der Waals surface area contributed by atoms with Crippen LogP contribution in [0.3, 0.4) is 0 Å². The summed E-state index contributed by atoms with van der Waals surface area (Å²) in [4.78, 5) is 0. The molecular weight excluding hydrogens is 1300 g/mol. The number of nitrogens with zero attached hydrogens (tertiary/aromatic N) is 3. The second kappa shape index (κ2) is 23.0. The van der Waals surface area contributed by atoms with Crippen LogP contribution in [0.5, 0.6) is 0 Å². The highest BCUT2D eigenvalue weighted by Gasteiger charge is 2.38. The number of hydrogen-bond donors (Lipinski definition) is 0. The van der Waals surface area contributed by atoms with Gasteiger partial charge in [0.2, 0.25) is 0 Å². The minimum atomic E-state index is -0.0505. The molecule has 3 nitrogen and oxygen atoms in total. The number of aromatic nitrogens is 3. The van der Waals surface area contributed by atoms with Crippen LogP contribution >= 0.6 is 0 Å². The first-order valence-corrected chi connectivity index (χ1v) is 38.1. The van der Waals surface area contributed by atoms with Crippen LogP contribution in [0.2, 0.25) is 0 Å². The molecule has 0 amide bonds. The zero-order valence-electron chi connectivity index (χ0n) is 61.3. The van der Waals surface area contributed by atoms with Crippen molar-refractivity contribution in [3.63, 3.8) is 0 Å². The number of fused-ring (bicyclic) bond motifs is 18. The van der Waals surface area contributed by atoms with Gasteiger partial charge in [-0.25, -0.2) is 0 Å². The van der Waals surface area contributed by atoms with Crippen LogP contribution in [0.4, 0.5) is 0 Å². The first-order chi connectivity index (χ1) is 52.8. The van der Waals surface area contributed by atoms with Gasteiger partial charge < -0.3 is 13.7 Å². The van der Waals surface area contributed by atoms with Crippen molar-refractivity contribution in [2.24, 2.45) is 0 Å². The molecule has 16 aromatic carbocycles. The smallest absolute Gasteiger partial charge is 0.0541 e. The summed E-state index contributed by atoms with van der Waals surface area (Å²) in [6, 6.07) is 131. The van der Waals surface area contributed by atoms with Crippen molar-refractivity contribution in [2.75, 3.05) is 0 Å². The summed E-state index contributed by atoms with van der Waals surface area (Å²) in [5.74, 6) is 0. The molecule has 3 aliphatic carbocycles. The first-order valence-electron chi connectivity index (χ1n) is 38.1. The Kier molecular flexibility index (Phi) is 13.2. The molecule has 0 atom stereocenters. The zero-order valence-corrected chi connectivity index (χ0v) is 61.3. The summed E-state index contributed by atoms with van der Waals surface area (Å²) in [6.07, 6.45) is 0. The van der Waals surface area contributed by atoms with Crippen molar-refractivity contribution < 1.29 is 0 Å². The number of benzene rings is 16. The molecule has 0 saturated carbocycles. The highest BCUT2D eigenvalue weighted by molar-refractivity contribution is 6.13. The Balaban J connectivity index is 0.679. The predicted molar refractivity (Wildman–Crippen MR) is 455 cm³/mol. The summed E-state index contributed by atoms with van der Waals surface area (Å²) in [5, 5.41) is 7.39. The predicted octanol–water partition coefficient (Wildman–Crippen LogP) is 27.9. The average molecular weight is 1380 g/mol. The van der Waals surface area contributed by atoms with E-state index < -0.39 is 0 Å². The molecule has 3 heterocycles. The topological polar surface area (TPSA) is 14.8 Å². The number of rotatable bonds is 9. The Morgan fingerprint density at radius 1 is 0.157 bits per heavy atom. The van der Waals surface area contributed by atoms with Crippen LogP contribution < -0.4 is 0 Å². The van der Waals surface area contributed by atoms with Crippen molar-refractivity contribution in [1.29, 1.82) is 0 Å². The zero-order chi connectivity index (χ0) is 72.1. The second-order valence-electron chi connectivity index (χ2n) is 32.0. The largest absolute Gasteiger partial charge is 0.309 e. The lowest BCUT2D eigenvalue weighted by atomic mass is 9.82. The summed E-state index contributed by atoms with van der Waals surface area (Å²) in [7, 11) is 0. The summed E-state index contributed by atoms with van der Waals surface area (Å²) < 4.78 is 7.41. The molecule has 0 bridgehead atoms. The maximum atomic E-state index is 2.47. The fourth-order valence-corrected chi connectivity index (χ4v) is 19.6. The van der Waals surface area contributed by atoms with Gasteiger partial charge >= 0.3 is 0 Å². The van der Waals surface area contributed by atoms with E-state index in [1.165, 1.54) is 166 Å². The van der Waals surface area contributed by atoms with E-state index in [4.69, 9.17) is 0 Å². The van der Waals surface area contributed by atoms with Crippen LogP contribution in [0.1, 0.15) is 74.9 Å². The molecule has 0 aliphatic heterocycles. The quantitative estimate of drug-likeness (QED) is 0.137. The molecule has 0 fully saturated rings. The molecule has 3 heteroatoms. The normalized spacial score (nSPS) is 14.1. The molecule has 0 spiro atoms. The van der Waals surface area contributed by atoms with Gasteiger partial charge in [0.25, 0.3) is 0 Å². The van der Waals surface area contributed by atoms with E-state index in [2.05, 4.69) is 401 Å². The SMILES string of the molecule is CC1(C)c2ccccc2-c2cc(-c3ccc4c(c3)c3ccccc3n4-c3cccc(-c4cc(-c5cccc(-n6c7ccccc7c7cc(-c8ccc9c(c8)-c8ccccc8C9(C)C)ccc76)c5)cc(-c5cccc(-n6c7ccccc7c7cc(-c8ccc9c(c8)-c8ccccc8C9(C)C)ccc76)c5)c4)c3)ccc21. The van der Waals surface area contributed by atoms with Crippen LogP contribution in [0.15, 0.2) is 346 Å². The monoisotopic (exact) mass is 1380 g/mol. The van der Waals surface area contributed by atoms with Gasteiger partial charge in [-0.2, -0.15) is 0 Å². The molecule has 108 heavy (non-hydrogen) atoms. The highest BCUT2D eigenvalue weighted by atomic mass is 15.0. The number of para-hydroxylation sites is 3. The van der Waals surface area contributed by atoms with Gasteiger partial charge in [0.15, 0.2) is 0 Å². The van der Waals surface area contributed by atoms with Gasteiger partial charge in [-0.05, 0) is 261 Å². The maximum absolute atomic E-state index is 2.47. The lowest BCUT2D eigenvalue weighted by Crippen LogP contribution is -2.14. The third-order valence-electron chi connectivity index (χ3n) is 25.0. The first kappa shape index (κ1) is 62.3. The van der Waals surface area contributed by atoms with Gasteiger partial charge in [-0.1, -0.05) is 260 Å². The van der Waals surface area contributed by atoms with E-state index in [1.54, 1.807) is 0 Å². The molecule has 3 aliphatic rings. The van der Waals surface area contributed by atoms with Gasteiger partial charge in [-0.3, -0.25) is 0 Å². The number of hydrogen-bond acceptors (Lipinski definition) is 0. The molecule has 510 valence electrons. The Morgan fingerprint density at radius 3 is 0.713 bits per heavy atom. The van der Waals surface area contributed by atoms with Gasteiger partial charge in [0.1, 0.15) is 0 Å². The van der Waals surface area contributed by atoms with E-state index in [1.807, 2.05) is 0 Å². The molecule has 0 saturated heterocycles. The van der Waals surface area contributed by atoms with E-state index in [0.29, 0.717) is 0 Å². The van der Waals surface area contributed by atoms with E-state index >= 15 is 0 Å². The van der Waals surface area contributed by atoms with Crippen LogP contribution in [-0.4, -0.2) is 13.7 Å². The second-order valence-corrected chi connectivity index (χ2v) is 32.0. The molecule has 0 unspecified atom stereocenters. The molecular formula is C105H75N3. The highest BCUT2D eigenvalue weighted by Crippen LogP contribution is 2.54. The lowest BCUT2D eigenvalue weighted by molar-refractivity contribution is 0.660. The van der Waals surface area contributed by atoms with Crippen LogP contribution in [0.25, 0.3) is 183 Å². The molecule has 3 aromatic heterocycles. The maximum Gasteiger partial charge on any atom is 0.0541 e. The van der Waals surface area contributed by atoms with Crippen LogP contribution in [0, 0.1) is 0 Å². The fraction of sp³-hybridized carbons (Fsp3) is 0.0857. The van der Waals surface area contributed by atoms with Gasteiger partial charge in [0, 0.05) is 65.6 Å². The fourth-order valence-electron chi connectivity index (χ4n) is 19.6. The Morgan fingerprint density at radius 2 is 0.398 bits per heavy atom. The molecule has 22 rings (SSSR count). The summed E-state index contributed by atoms with van der Waals surface area (Å²) in [6.45, 7) is 14.1. The Bertz CT molecular complexity index is 6410. The molecule has 19 aromatic rings. The van der Waals surface area contributed by atoms with Crippen molar-refractivity contribution in [1.82, 2.24) is 13.7 Å². The molecule has 0 N–H and O–H groups in total. The lowest BCUT2D eigenvalue weighted by Gasteiger charge is -2.21. The Hall–Kier alpha value is -13.1. The van der Waals surface area contributed by atoms with E-state index in [9.17, 15) is 0 Å². The Labute approximate surface area is 629 Å². The van der Waals surface area contributed by atoms with Crippen LogP contribution in [-0.2, 0) is 16.2 Å². The van der Waals surface area contributed by atoms with Crippen molar-refractivity contribution in [2.45, 2.75) is 57.8 Å². The summed E-state index contributed by atoms with van der Waals surface area (Å²) >= 11 is 0. The minimum absolute atomic E-state index is 0.0505. The van der Waals surface area contributed by atoms with E-state index in [-0.39, 0.29) is 16.2 Å². The third-order valence-corrected chi connectivity index (χ3v) is 25.0. The van der Waals surface area contributed by atoms with E-state index in [0.717, 1.165) is 50.4 Å². The third kappa shape index (κ3) is 9.15. The van der Waals surface area contributed by atoms with Crippen molar-refractivity contribution in [3.8, 4) is 117 Å². The minimum Gasteiger partial charge on any atom is -0.309 e. The molecule has 0 radical (unpaired) electrons. The summed E-state index contributed by atoms with van der Waals surface area (Å²) in [5.41, 5.74) is 40.7. The van der Waals surface area contributed by atoms with Crippen molar-refractivity contribution >= 4 is 65.4 Å². The standard InChI is InChI=1S/C105H75N3/c1-103(2)91-34-13-7-28-79(91)85-58-67(40-46-94(85)103)70-43-49-100-88(61-70)82-31-10-16-37-97(82)106(100)76-25-19-22-64(55-76)73-52-74(65-23-20-26-77(56-65)107-98-38-17-11-32-83(98)89-62-71(44-50-101(89)107)68-41-47-95-86(59-68)80-29-8-14-35-92(80)104(95,3)4)54-75(53-73)66-24-21-27-78(57-66)108-99-39-18-12-33-84(99)90-63-72(45-51-102(90)108)69-42-48-96-87(60-69)81-30-9-15-36-93(81)105(96,5)6/h7-63H,1-6H3. The van der Waals surface area contributed by atoms with Gasteiger partial charge in [-0.15, -0.1) is 0 Å². The average Bonchev–Trinajstić information content (AvgIpc) is 1.59. The van der Waals surface area contributed by atoms with Gasteiger partial charge in [0.05, 0.1) is 33.1 Å². The van der Waals surface area contributed by atoms with Crippen molar-refractivity contribution in [3.05, 3.63) is 379 Å².